The highest BCUT2D eigenvalue weighted by atomic mass is 32.2. The van der Waals surface area contributed by atoms with Crippen LogP contribution in [0.3, 0.4) is 0 Å². The number of hydrogen-bond donors (Lipinski definition) is 1. The zero-order chi connectivity index (χ0) is 18.6. The van der Waals surface area contributed by atoms with Gasteiger partial charge >= 0.3 is 0 Å². The van der Waals surface area contributed by atoms with Crippen molar-refractivity contribution in [2.45, 2.75) is 0 Å². The highest BCUT2D eigenvalue weighted by Crippen LogP contribution is 2.21. The van der Waals surface area contributed by atoms with Gasteiger partial charge in [-0.05, 0) is 24.3 Å². The molecule has 0 saturated heterocycles. The number of benzene rings is 2. The molecule has 0 radical (unpaired) electrons. The van der Waals surface area contributed by atoms with Crippen molar-refractivity contribution in [2.24, 2.45) is 0 Å². The molecule has 0 heterocycles. The van der Waals surface area contributed by atoms with Crippen LogP contribution in [0.5, 0.6) is 0 Å². The fourth-order valence-electron chi connectivity index (χ4n) is 2.05. The number of amides is 1. The quantitative estimate of drug-likeness (QED) is 0.880. The van der Waals surface area contributed by atoms with E-state index in [4.69, 9.17) is 5.26 Å². The summed E-state index contributed by atoms with van der Waals surface area (Å²) in [5, 5.41) is 11.4. The minimum absolute atomic E-state index is 0.190. The second kappa shape index (κ2) is 7.27. The first-order valence-corrected chi connectivity index (χ1v) is 8.79. The van der Waals surface area contributed by atoms with Gasteiger partial charge in [-0.1, -0.05) is 12.1 Å². The Balaban J connectivity index is 2.27. The van der Waals surface area contributed by atoms with E-state index in [1.807, 2.05) is 6.07 Å². The summed E-state index contributed by atoms with van der Waals surface area (Å²) in [6.45, 7) is -0.663. The molecule has 1 amide bonds. The van der Waals surface area contributed by atoms with E-state index in [9.17, 15) is 22.0 Å². The molecular weight excluding hydrogens is 352 g/mol. The molecule has 0 spiro atoms. The minimum Gasteiger partial charge on any atom is -0.323 e. The van der Waals surface area contributed by atoms with E-state index < -0.39 is 34.1 Å². The Morgan fingerprint density at radius 2 is 1.88 bits per heavy atom. The molecule has 0 aromatic heterocycles. The summed E-state index contributed by atoms with van der Waals surface area (Å²) in [6.07, 6.45) is 0.838. The lowest BCUT2D eigenvalue weighted by molar-refractivity contribution is -0.114. The molecule has 2 aromatic rings. The lowest BCUT2D eigenvalue weighted by Crippen LogP contribution is -2.37. The van der Waals surface area contributed by atoms with Crippen LogP contribution < -0.4 is 9.62 Å². The predicted octanol–water partition coefficient (Wildman–Crippen LogP) is 2.24. The number of anilines is 2. The van der Waals surface area contributed by atoms with Crippen molar-refractivity contribution >= 4 is 27.3 Å². The van der Waals surface area contributed by atoms with Crippen LogP contribution in [0.15, 0.2) is 42.5 Å². The predicted molar refractivity (Wildman–Crippen MR) is 88.3 cm³/mol. The molecule has 1 N–H and O–H groups in total. The van der Waals surface area contributed by atoms with E-state index >= 15 is 0 Å². The van der Waals surface area contributed by atoms with E-state index in [0.717, 1.165) is 18.4 Å². The van der Waals surface area contributed by atoms with Crippen LogP contribution in [0.1, 0.15) is 5.56 Å². The first-order valence-electron chi connectivity index (χ1n) is 6.94. The van der Waals surface area contributed by atoms with Crippen molar-refractivity contribution in [3.05, 3.63) is 59.7 Å². The fraction of sp³-hybridized carbons (Fsp3) is 0.125. The second-order valence-electron chi connectivity index (χ2n) is 5.07. The zero-order valence-electron chi connectivity index (χ0n) is 13.0. The summed E-state index contributed by atoms with van der Waals surface area (Å²) in [7, 11) is -3.93. The van der Waals surface area contributed by atoms with Gasteiger partial charge in [0.1, 0.15) is 12.6 Å². The molecule has 25 heavy (non-hydrogen) atoms. The molecule has 0 saturated carbocycles. The summed E-state index contributed by atoms with van der Waals surface area (Å²) < 4.78 is 50.9. The molecule has 0 bridgehead atoms. The van der Waals surface area contributed by atoms with Gasteiger partial charge in [-0.3, -0.25) is 9.10 Å². The Labute approximate surface area is 143 Å². The summed E-state index contributed by atoms with van der Waals surface area (Å²) >= 11 is 0. The van der Waals surface area contributed by atoms with Gasteiger partial charge in [-0.2, -0.15) is 5.26 Å². The number of nitriles is 1. The number of hydrogen-bond acceptors (Lipinski definition) is 4. The highest BCUT2D eigenvalue weighted by Gasteiger charge is 2.22. The summed E-state index contributed by atoms with van der Waals surface area (Å²) in [6, 6.07) is 10.6. The molecule has 2 aromatic carbocycles. The molecule has 0 unspecified atom stereocenters. The number of para-hydroxylation sites is 1. The van der Waals surface area contributed by atoms with Crippen molar-refractivity contribution < 1.29 is 22.0 Å². The lowest BCUT2D eigenvalue weighted by Gasteiger charge is -2.22. The molecule has 0 aliphatic carbocycles. The van der Waals surface area contributed by atoms with Gasteiger partial charge in [0.25, 0.3) is 0 Å². The van der Waals surface area contributed by atoms with Gasteiger partial charge in [0, 0.05) is 6.07 Å². The van der Waals surface area contributed by atoms with Crippen molar-refractivity contribution in [3.8, 4) is 6.07 Å². The van der Waals surface area contributed by atoms with Crippen molar-refractivity contribution in [1.29, 1.82) is 5.26 Å². The molecule has 0 aliphatic rings. The minimum atomic E-state index is -3.93. The Kier molecular flexibility index (Phi) is 5.34. The molecule has 130 valence electrons. The highest BCUT2D eigenvalue weighted by molar-refractivity contribution is 7.92. The van der Waals surface area contributed by atoms with Gasteiger partial charge in [-0.25, -0.2) is 17.2 Å². The zero-order valence-corrected chi connectivity index (χ0v) is 13.8. The monoisotopic (exact) mass is 365 g/mol. The maximum Gasteiger partial charge on any atom is 0.245 e. The number of nitrogens with zero attached hydrogens (tertiary/aromatic N) is 2. The normalized spacial score (nSPS) is 10.8. The van der Waals surface area contributed by atoms with Gasteiger partial charge in [-0.15, -0.1) is 0 Å². The van der Waals surface area contributed by atoms with Crippen molar-refractivity contribution in [3.63, 3.8) is 0 Å². The Morgan fingerprint density at radius 3 is 2.48 bits per heavy atom. The molecule has 2 rings (SSSR count). The number of rotatable bonds is 5. The number of halogens is 2. The maximum absolute atomic E-state index is 13.4. The number of nitrogens with one attached hydrogen (secondary N) is 1. The SMILES string of the molecule is CS(=O)(=O)N(CC(=O)Nc1ccccc1C#N)c1ccc(F)c(F)c1. The lowest BCUT2D eigenvalue weighted by atomic mass is 10.2. The van der Waals surface area contributed by atoms with Gasteiger partial charge < -0.3 is 5.32 Å². The van der Waals surface area contributed by atoms with E-state index in [1.54, 1.807) is 12.1 Å². The van der Waals surface area contributed by atoms with Crippen LogP contribution in [0.25, 0.3) is 0 Å². The number of sulfonamides is 1. The first kappa shape index (κ1) is 18.4. The molecule has 0 aliphatic heterocycles. The van der Waals surface area contributed by atoms with E-state index in [1.165, 1.54) is 12.1 Å². The molecular formula is C16H13F2N3O3S. The van der Waals surface area contributed by atoms with Crippen molar-refractivity contribution in [1.82, 2.24) is 0 Å². The van der Waals surface area contributed by atoms with E-state index in [-0.39, 0.29) is 16.9 Å². The third-order valence-electron chi connectivity index (χ3n) is 3.20. The van der Waals surface area contributed by atoms with Crippen molar-refractivity contribution in [2.75, 3.05) is 22.4 Å². The molecule has 0 fully saturated rings. The van der Waals surface area contributed by atoms with Gasteiger partial charge in [0.15, 0.2) is 11.6 Å². The van der Waals surface area contributed by atoms with Crippen LogP contribution >= 0.6 is 0 Å². The standard InChI is InChI=1S/C16H13F2N3O3S/c1-25(23,24)21(12-6-7-13(17)14(18)8-12)10-16(22)20-15-5-3-2-4-11(15)9-19/h2-8H,10H2,1H3,(H,20,22). The Bertz CT molecular complexity index is 955. The largest absolute Gasteiger partial charge is 0.323 e. The van der Waals surface area contributed by atoms with E-state index in [0.29, 0.717) is 10.4 Å². The average molecular weight is 365 g/mol. The number of carbonyl (C=O) groups is 1. The average Bonchev–Trinajstić information content (AvgIpc) is 2.55. The van der Waals surface area contributed by atoms with Gasteiger partial charge in [0.05, 0.1) is 23.2 Å². The summed E-state index contributed by atoms with van der Waals surface area (Å²) in [5.41, 5.74) is 0.230. The van der Waals surface area contributed by atoms with Crippen LogP contribution in [-0.2, 0) is 14.8 Å². The molecule has 6 nitrogen and oxygen atoms in total. The summed E-state index contributed by atoms with van der Waals surface area (Å²) in [5.74, 6) is -3.11. The van der Waals surface area contributed by atoms with E-state index in [2.05, 4.69) is 5.32 Å². The van der Waals surface area contributed by atoms with Crippen LogP contribution in [0, 0.1) is 23.0 Å². The third-order valence-corrected chi connectivity index (χ3v) is 4.34. The van der Waals surface area contributed by atoms with Crippen LogP contribution in [-0.4, -0.2) is 27.1 Å². The third kappa shape index (κ3) is 4.51. The Morgan fingerprint density at radius 1 is 1.20 bits per heavy atom. The molecule has 0 atom stereocenters. The summed E-state index contributed by atoms with van der Waals surface area (Å²) in [4.78, 5) is 12.2. The van der Waals surface area contributed by atoms with Crippen LogP contribution in [0.2, 0.25) is 0 Å². The maximum atomic E-state index is 13.4. The topological polar surface area (TPSA) is 90.3 Å². The smallest absolute Gasteiger partial charge is 0.245 e. The van der Waals surface area contributed by atoms with Gasteiger partial charge in [0.2, 0.25) is 15.9 Å². The number of carbonyl (C=O) groups excluding carboxylic acids is 1. The molecule has 9 heteroatoms. The fourth-order valence-corrected chi connectivity index (χ4v) is 2.90. The second-order valence-corrected chi connectivity index (χ2v) is 6.98. The Hall–Kier alpha value is -2.99. The first-order chi connectivity index (χ1) is 11.7. The van der Waals surface area contributed by atoms with Crippen LogP contribution in [0.4, 0.5) is 20.2 Å².